The van der Waals surface area contributed by atoms with Crippen molar-refractivity contribution in [1.82, 2.24) is 0 Å². The summed E-state index contributed by atoms with van der Waals surface area (Å²) in [5.74, 6) is 2.10. The van der Waals surface area contributed by atoms with Gasteiger partial charge in [0.25, 0.3) is 0 Å². The second-order valence-corrected chi connectivity index (χ2v) is 8.26. The van der Waals surface area contributed by atoms with Crippen LogP contribution in [0.15, 0.2) is 48.5 Å². The van der Waals surface area contributed by atoms with E-state index < -0.39 is 0 Å². The number of rotatable bonds is 8. The fourth-order valence-electron chi connectivity index (χ4n) is 1.61. The maximum Gasteiger partial charge on any atom is 0.144 e. The van der Waals surface area contributed by atoms with E-state index in [4.69, 9.17) is 4.74 Å². The lowest BCUT2D eigenvalue weighted by atomic mass is 10.2. The summed E-state index contributed by atoms with van der Waals surface area (Å²) < 4.78 is 18.5. The molecule has 0 radical (unpaired) electrons. The summed E-state index contributed by atoms with van der Waals surface area (Å²) in [7, 11) is 6.92. The molecule has 0 aliphatic rings. The van der Waals surface area contributed by atoms with Crippen molar-refractivity contribution in [3.63, 3.8) is 0 Å². The lowest BCUT2D eigenvalue weighted by molar-refractivity contribution is 0.396. The molecule has 0 aliphatic heterocycles. The molecule has 2 nitrogen and oxygen atoms in total. The predicted molar refractivity (Wildman–Crippen MR) is 94.4 cm³/mol. The Labute approximate surface area is 136 Å². The van der Waals surface area contributed by atoms with Gasteiger partial charge in [0.15, 0.2) is 0 Å². The van der Waals surface area contributed by atoms with Gasteiger partial charge in [-0.25, -0.2) is 4.39 Å². The van der Waals surface area contributed by atoms with Gasteiger partial charge in [0, 0.05) is 12.8 Å². The lowest BCUT2D eigenvalue weighted by Gasteiger charge is -2.09. The van der Waals surface area contributed by atoms with E-state index in [0.29, 0.717) is 5.94 Å². The molecule has 0 amide bonds. The summed E-state index contributed by atoms with van der Waals surface area (Å²) in [5, 5.41) is 3.10. The normalized spacial score (nSPS) is 10.4. The second kappa shape index (κ2) is 9.12. The highest BCUT2D eigenvalue weighted by Crippen LogP contribution is 2.37. The average molecular weight is 341 g/mol. The number of ether oxygens (including phenoxy) is 1. The first-order valence-corrected chi connectivity index (χ1v) is 10.2. The zero-order valence-corrected chi connectivity index (χ0v) is 14.0. The number of benzene rings is 2. The number of hydrogen-bond acceptors (Lipinski definition) is 5. The van der Waals surface area contributed by atoms with E-state index in [0.717, 1.165) is 22.8 Å². The van der Waals surface area contributed by atoms with Crippen molar-refractivity contribution in [2.75, 3.05) is 18.3 Å². The molecule has 0 unspecified atom stereocenters. The zero-order valence-electron chi connectivity index (χ0n) is 11.5. The fourth-order valence-corrected chi connectivity index (χ4v) is 4.69. The Balaban J connectivity index is 1.63. The summed E-state index contributed by atoms with van der Waals surface area (Å²) in [6, 6.07) is 14.5. The third-order valence-electron chi connectivity index (χ3n) is 2.65. The van der Waals surface area contributed by atoms with Crippen LogP contribution >= 0.6 is 31.4 Å². The van der Waals surface area contributed by atoms with Crippen LogP contribution in [0.5, 0.6) is 5.75 Å². The molecule has 2 aromatic rings. The standard InChI is InChI=1S/C15H16FNOS3/c1-17-14-4-2-3-5-15(14)18-11-20-21-19-10-12-6-8-13(16)9-7-12/h2-9,17H,10-11H2,1H3. The molecule has 21 heavy (non-hydrogen) atoms. The number of hydrogen-bond donors (Lipinski definition) is 1. The van der Waals surface area contributed by atoms with E-state index in [1.165, 1.54) is 12.1 Å². The number of para-hydroxylation sites is 2. The first-order valence-electron chi connectivity index (χ1n) is 6.34. The quantitative estimate of drug-likeness (QED) is 0.391. The highest BCUT2D eigenvalue weighted by atomic mass is 33.5. The van der Waals surface area contributed by atoms with Gasteiger partial charge < -0.3 is 10.1 Å². The molecule has 0 saturated heterocycles. The van der Waals surface area contributed by atoms with Crippen LogP contribution in [-0.2, 0) is 5.75 Å². The molecule has 0 atom stereocenters. The van der Waals surface area contributed by atoms with Crippen LogP contribution in [0.1, 0.15) is 5.56 Å². The van der Waals surface area contributed by atoms with Crippen LogP contribution < -0.4 is 10.1 Å². The van der Waals surface area contributed by atoms with Gasteiger partial charge in [-0.15, -0.1) is 0 Å². The van der Waals surface area contributed by atoms with Gasteiger partial charge in [0.05, 0.1) is 5.69 Å². The highest BCUT2D eigenvalue weighted by molar-refractivity contribution is 9.09. The molecule has 0 bridgehead atoms. The smallest absolute Gasteiger partial charge is 0.144 e. The molecule has 0 aliphatic carbocycles. The van der Waals surface area contributed by atoms with Crippen molar-refractivity contribution < 1.29 is 9.13 Å². The molecular formula is C15H16FNOS3. The van der Waals surface area contributed by atoms with Crippen molar-refractivity contribution in [3.05, 3.63) is 59.9 Å². The second-order valence-electron chi connectivity index (χ2n) is 4.08. The molecule has 0 spiro atoms. The van der Waals surface area contributed by atoms with Crippen molar-refractivity contribution in [2.24, 2.45) is 0 Å². The van der Waals surface area contributed by atoms with Crippen LogP contribution in [-0.4, -0.2) is 13.0 Å². The monoisotopic (exact) mass is 341 g/mol. The maximum atomic E-state index is 12.8. The molecule has 0 saturated carbocycles. The van der Waals surface area contributed by atoms with E-state index >= 15 is 0 Å². The van der Waals surface area contributed by atoms with Crippen molar-refractivity contribution in [2.45, 2.75) is 5.75 Å². The minimum absolute atomic E-state index is 0.192. The Bertz CT molecular complexity index is 551. The molecule has 0 aromatic heterocycles. The summed E-state index contributed by atoms with van der Waals surface area (Å²) >= 11 is 0. The molecule has 2 aromatic carbocycles. The highest BCUT2D eigenvalue weighted by Gasteiger charge is 2.01. The van der Waals surface area contributed by atoms with Crippen LogP contribution in [0.4, 0.5) is 10.1 Å². The molecule has 112 valence electrons. The maximum absolute atomic E-state index is 12.8. The van der Waals surface area contributed by atoms with E-state index in [1.807, 2.05) is 43.4 Å². The molecule has 0 fully saturated rings. The molecule has 1 N–H and O–H groups in total. The van der Waals surface area contributed by atoms with E-state index in [1.54, 1.807) is 31.4 Å². The summed E-state index contributed by atoms with van der Waals surface area (Å²) in [4.78, 5) is 0. The lowest BCUT2D eigenvalue weighted by Crippen LogP contribution is -1.96. The molecular weight excluding hydrogens is 325 g/mol. The van der Waals surface area contributed by atoms with Gasteiger partial charge in [0.2, 0.25) is 0 Å². The van der Waals surface area contributed by atoms with E-state index in [-0.39, 0.29) is 5.82 Å². The van der Waals surface area contributed by atoms with Gasteiger partial charge in [-0.1, -0.05) is 35.1 Å². The summed E-state index contributed by atoms with van der Waals surface area (Å²) in [6.45, 7) is 0. The number of halogens is 1. The Morgan fingerprint density at radius 2 is 1.81 bits per heavy atom. The van der Waals surface area contributed by atoms with Crippen molar-refractivity contribution in [3.8, 4) is 5.75 Å². The number of anilines is 1. The van der Waals surface area contributed by atoms with Crippen molar-refractivity contribution in [1.29, 1.82) is 0 Å². The average Bonchev–Trinajstić information content (AvgIpc) is 2.53. The third-order valence-corrected chi connectivity index (χ3v) is 6.46. The van der Waals surface area contributed by atoms with Crippen molar-refractivity contribution >= 4 is 37.1 Å². The van der Waals surface area contributed by atoms with E-state index in [2.05, 4.69) is 5.32 Å². The van der Waals surface area contributed by atoms with Crippen LogP contribution in [0.25, 0.3) is 0 Å². The third kappa shape index (κ3) is 5.73. The fraction of sp³-hybridized carbons (Fsp3) is 0.200. The van der Waals surface area contributed by atoms with Gasteiger partial charge >= 0.3 is 0 Å². The van der Waals surface area contributed by atoms with Gasteiger partial charge in [-0.3, -0.25) is 0 Å². The van der Waals surface area contributed by atoms with E-state index in [9.17, 15) is 4.39 Å². The van der Waals surface area contributed by atoms with Gasteiger partial charge in [-0.2, -0.15) is 0 Å². The molecule has 2 rings (SSSR count). The Morgan fingerprint density at radius 3 is 2.57 bits per heavy atom. The molecule has 6 heteroatoms. The largest absolute Gasteiger partial charge is 0.480 e. The zero-order chi connectivity index (χ0) is 14.9. The Kier molecular flexibility index (Phi) is 7.12. The summed E-state index contributed by atoms with van der Waals surface area (Å²) in [5.41, 5.74) is 2.11. The predicted octanol–water partition coefficient (Wildman–Crippen LogP) is 5.43. The minimum atomic E-state index is -0.192. The van der Waals surface area contributed by atoms with Gasteiger partial charge in [0.1, 0.15) is 17.5 Å². The number of nitrogens with one attached hydrogen (secondary N) is 1. The Morgan fingerprint density at radius 1 is 1.05 bits per heavy atom. The Hall–Kier alpha value is -0.980. The van der Waals surface area contributed by atoms with Gasteiger partial charge in [-0.05, 0) is 50.4 Å². The minimum Gasteiger partial charge on any atom is -0.480 e. The van der Waals surface area contributed by atoms with Crippen LogP contribution in [0, 0.1) is 5.82 Å². The van der Waals surface area contributed by atoms with Crippen LogP contribution in [0.3, 0.4) is 0 Å². The molecule has 0 heterocycles. The topological polar surface area (TPSA) is 21.3 Å². The SMILES string of the molecule is CNc1ccccc1OCSSSCc1ccc(F)cc1. The first-order chi connectivity index (χ1) is 10.3. The summed E-state index contributed by atoms with van der Waals surface area (Å²) in [6.07, 6.45) is 0. The first kappa shape index (κ1) is 16.4. The van der Waals surface area contributed by atoms with Crippen LogP contribution in [0.2, 0.25) is 0 Å².